The van der Waals surface area contributed by atoms with Gasteiger partial charge in [0, 0.05) is 6.61 Å². The highest BCUT2D eigenvalue weighted by molar-refractivity contribution is 5.84. The second-order valence-corrected chi connectivity index (χ2v) is 5.48. The van der Waals surface area contributed by atoms with E-state index in [1.807, 2.05) is 25.1 Å². The van der Waals surface area contributed by atoms with Crippen molar-refractivity contribution >= 4 is 17.0 Å². The van der Waals surface area contributed by atoms with E-state index in [0.29, 0.717) is 12.6 Å². The van der Waals surface area contributed by atoms with Crippen molar-refractivity contribution in [1.82, 2.24) is 9.55 Å². The Balaban J connectivity index is 2.21. The van der Waals surface area contributed by atoms with E-state index in [1.165, 1.54) is 0 Å². The van der Waals surface area contributed by atoms with Crippen LogP contribution in [0.5, 0.6) is 5.75 Å². The third-order valence-electron chi connectivity index (χ3n) is 4.34. The molecule has 0 amide bonds. The summed E-state index contributed by atoms with van der Waals surface area (Å²) >= 11 is 0. The molecule has 1 aromatic heterocycles. The number of hydrogen-bond acceptors (Lipinski definition) is 4. The van der Waals surface area contributed by atoms with E-state index in [0.717, 1.165) is 29.8 Å². The Labute approximate surface area is 118 Å². The normalized spacial score (nSPS) is 26.2. The third-order valence-corrected chi connectivity index (χ3v) is 4.34. The second-order valence-electron chi connectivity index (χ2n) is 5.48. The Hall–Kier alpha value is -1.75. The van der Waals surface area contributed by atoms with Crippen LogP contribution in [0.1, 0.15) is 27.2 Å². The molecule has 2 N–H and O–H groups in total. The number of hydrogen-bond donors (Lipinski definition) is 1. The SMILES string of the molecule is CCOc1cccc2c1nc(N)n2C1(C)CCOC1C. The highest BCUT2D eigenvalue weighted by Gasteiger charge is 2.41. The van der Waals surface area contributed by atoms with E-state index >= 15 is 0 Å². The lowest BCUT2D eigenvalue weighted by Gasteiger charge is -2.31. The van der Waals surface area contributed by atoms with E-state index in [9.17, 15) is 0 Å². The van der Waals surface area contributed by atoms with Gasteiger partial charge in [0.2, 0.25) is 5.95 Å². The molecule has 0 spiro atoms. The molecule has 2 heterocycles. The van der Waals surface area contributed by atoms with E-state index in [4.69, 9.17) is 15.2 Å². The lowest BCUT2D eigenvalue weighted by Crippen LogP contribution is -2.37. The summed E-state index contributed by atoms with van der Waals surface area (Å²) in [4.78, 5) is 4.52. The molecule has 1 saturated heterocycles. The van der Waals surface area contributed by atoms with Gasteiger partial charge in [0.25, 0.3) is 0 Å². The molecule has 1 aliphatic rings. The molecule has 0 saturated carbocycles. The zero-order valence-corrected chi connectivity index (χ0v) is 12.2. The molecular formula is C15H21N3O2. The van der Waals surface area contributed by atoms with Crippen molar-refractivity contribution in [3.05, 3.63) is 18.2 Å². The Morgan fingerprint density at radius 1 is 1.55 bits per heavy atom. The van der Waals surface area contributed by atoms with Crippen LogP contribution in [0.4, 0.5) is 5.95 Å². The average molecular weight is 275 g/mol. The van der Waals surface area contributed by atoms with Crippen LogP contribution in [0.2, 0.25) is 0 Å². The number of anilines is 1. The van der Waals surface area contributed by atoms with Gasteiger partial charge in [-0.25, -0.2) is 4.98 Å². The molecule has 20 heavy (non-hydrogen) atoms. The van der Waals surface area contributed by atoms with Crippen LogP contribution in [0.3, 0.4) is 0 Å². The van der Waals surface area contributed by atoms with Crippen molar-refractivity contribution in [2.24, 2.45) is 0 Å². The number of nitrogens with zero attached hydrogens (tertiary/aromatic N) is 2. The van der Waals surface area contributed by atoms with Gasteiger partial charge >= 0.3 is 0 Å². The fourth-order valence-electron chi connectivity index (χ4n) is 3.02. The van der Waals surface area contributed by atoms with Crippen LogP contribution in [0, 0.1) is 0 Å². The number of rotatable bonds is 3. The number of ether oxygens (including phenoxy) is 2. The number of benzene rings is 1. The maximum absolute atomic E-state index is 6.19. The largest absolute Gasteiger partial charge is 0.492 e. The van der Waals surface area contributed by atoms with Gasteiger partial charge in [-0.2, -0.15) is 0 Å². The van der Waals surface area contributed by atoms with Crippen molar-refractivity contribution in [2.45, 2.75) is 38.8 Å². The quantitative estimate of drug-likeness (QED) is 0.935. The molecule has 0 aliphatic carbocycles. The minimum Gasteiger partial charge on any atom is -0.492 e. The van der Waals surface area contributed by atoms with E-state index in [1.54, 1.807) is 0 Å². The number of fused-ring (bicyclic) bond motifs is 1. The van der Waals surface area contributed by atoms with Crippen LogP contribution in [0.25, 0.3) is 11.0 Å². The molecule has 5 heteroatoms. The summed E-state index contributed by atoms with van der Waals surface area (Å²) < 4.78 is 13.5. The second kappa shape index (κ2) is 4.66. The minimum atomic E-state index is -0.163. The lowest BCUT2D eigenvalue weighted by molar-refractivity contribution is 0.0783. The molecule has 2 atom stereocenters. The first-order chi connectivity index (χ1) is 9.58. The zero-order chi connectivity index (χ0) is 14.3. The fraction of sp³-hybridized carbons (Fsp3) is 0.533. The van der Waals surface area contributed by atoms with Gasteiger partial charge in [-0.1, -0.05) is 6.07 Å². The summed E-state index contributed by atoms with van der Waals surface area (Å²) in [5, 5.41) is 0. The number of imidazole rings is 1. The molecule has 1 aromatic carbocycles. The molecule has 2 unspecified atom stereocenters. The first-order valence-corrected chi connectivity index (χ1v) is 7.09. The number of para-hydroxylation sites is 1. The van der Waals surface area contributed by atoms with Gasteiger partial charge < -0.3 is 19.8 Å². The molecule has 0 radical (unpaired) electrons. The van der Waals surface area contributed by atoms with Crippen molar-refractivity contribution in [2.75, 3.05) is 18.9 Å². The highest BCUT2D eigenvalue weighted by Crippen LogP contribution is 2.39. The molecule has 0 bridgehead atoms. The van der Waals surface area contributed by atoms with Crippen LogP contribution >= 0.6 is 0 Å². The maximum atomic E-state index is 6.19. The molecular weight excluding hydrogens is 254 g/mol. The smallest absolute Gasteiger partial charge is 0.201 e. The third kappa shape index (κ3) is 1.77. The van der Waals surface area contributed by atoms with Crippen molar-refractivity contribution in [1.29, 1.82) is 0 Å². The number of nitrogen functional groups attached to an aromatic ring is 1. The molecule has 5 nitrogen and oxygen atoms in total. The first kappa shape index (κ1) is 13.2. The Morgan fingerprint density at radius 3 is 3.00 bits per heavy atom. The van der Waals surface area contributed by atoms with E-state index in [2.05, 4.69) is 23.4 Å². The van der Waals surface area contributed by atoms with Gasteiger partial charge in [0.1, 0.15) is 11.3 Å². The molecule has 108 valence electrons. The summed E-state index contributed by atoms with van der Waals surface area (Å²) in [6.07, 6.45) is 1.04. The topological polar surface area (TPSA) is 62.3 Å². The van der Waals surface area contributed by atoms with Crippen LogP contribution in [-0.2, 0) is 10.3 Å². The summed E-state index contributed by atoms with van der Waals surface area (Å²) in [6, 6.07) is 5.95. The average Bonchev–Trinajstić information content (AvgIpc) is 2.92. The first-order valence-electron chi connectivity index (χ1n) is 7.09. The van der Waals surface area contributed by atoms with Crippen molar-refractivity contribution < 1.29 is 9.47 Å². The van der Waals surface area contributed by atoms with Crippen LogP contribution in [-0.4, -0.2) is 28.9 Å². The van der Waals surface area contributed by atoms with Crippen LogP contribution < -0.4 is 10.5 Å². The van der Waals surface area contributed by atoms with E-state index in [-0.39, 0.29) is 11.6 Å². The summed E-state index contributed by atoms with van der Waals surface area (Å²) in [5.74, 6) is 1.30. The van der Waals surface area contributed by atoms with Crippen LogP contribution in [0.15, 0.2) is 18.2 Å². The Kier molecular flexibility index (Phi) is 3.09. The Bertz CT molecular complexity index is 637. The predicted octanol–water partition coefficient (Wildman–Crippen LogP) is 2.54. The molecule has 3 rings (SSSR count). The standard InChI is InChI=1S/C15H21N3O2/c1-4-19-12-7-5-6-11-13(12)17-14(16)18(11)15(3)8-9-20-10(15)2/h5-7,10H,4,8-9H2,1-3H3,(H2,16,17). The van der Waals surface area contributed by atoms with E-state index < -0.39 is 0 Å². The summed E-state index contributed by atoms with van der Waals surface area (Å²) in [6.45, 7) is 7.60. The monoisotopic (exact) mass is 275 g/mol. The summed E-state index contributed by atoms with van der Waals surface area (Å²) in [5.41, 5.74) is 7.86. The highest BCUT2D eigenvalue weighted by atomic mass is 16.5. The van der Waals surface area contributed by atoms with Gasteiger partial charge in [-0.05, 0) is 39.3 Å². The maximum Gasteiger partial charge on any atom is 0.201 e. The lowest BCUT2D eigenvalue weighted by atomic mass is 9.94. The summed E-state index contributed by atoms with van der Waals surface area (Å²) in [7, 11) is 0. The molecule has 1 fully saturated rings. The number of nitrogens with two attached hydrogens (primary N) is 1. The number of aromatic nitrogens is 2. The van der Waals surface area contributed by atoms with Gasteiger partial charge in [-0.15, -0.1) is 0 Å². The molecule has 2 aromatic rings. The van der Waals surface area contributed by atoms with Gasteiger partial charge in [0.15, 0.2) is 0 Å². The van der Waals surface area contributed by atoms with Gasteiger partial charge in [0.05, 0.1) is 23.8 Å². The minimum absolute atomic E-state index is 0.109. The zero-order valence-electron chi connectivity index (χ0n) is 12.2. The molecule has 1 aliphatic heterocycles. The van der Waals surface area contributed by atoms with Crippen molar-refractivity contribution in [3.63, 3.8) is 0 Å². The fourth-order valence-corrected chi connectivity index (χ4v) is 3.02. The predicted molar refractivity (Wildman–Crippen MR) is 79.0 cm³/mol. The van der Waals surface area contributed by atoms with Gasteiger partial charge in [-0.3, -0.25) is 0 Å². The van der Waals surface area contributed by atoms with Crippen molar-refractivity contribution in [3.8, 4) is 5.75 Å². The Morgan fingerprint density at radius 2 is 2.35 bits per heavy atom.